The van der Waals surface area contributed by atoms with Gasteiger partial charge in [0.1, 0.15) is 17.1 Å². The first-order valence-corrected chi connectivity index (χ1v) is 12.7. The Morgan fingerprint density at radius 1 is 1.24 bits per heavy atom. The summed E-state index contributed by atoms with van der Waals surface area (Å²) in [6.07, 6.45) is 3.17. The zero-order valence-electron chi connectivity index (χ0n) is 22.0. The van der Waals surface area contributed by atoms with Crippen LogP contribution in [-0.4, -0.2) is 73.3 Å². The summed E-state index contributed by atoms with van der Waals surface area (Å²) in [5.41, 5.74) is 8.57. The fourth-order valence-electron chi connectivity index (χ4n) is 4.45. The molecule has 0 saturated carbocycles. The first-order valence-electron chi connectivity index (χ1n) is 12.3. The number of aliphatic hydroxyl groups excluding tert-OH is 1. The normalized spacial score (nSPS) is 15.0. The standard InChI is InChI=1S/C28H34ClFN6O/c1-17-8-6-7-9-19(17)13-21(37)12-18(2)24-23(29)14-22-26(25(24)30)32-28(33-27(22)35(5)11-10-31)36-15-20(16-36)34(3)4/h6-9,12-14,20,37H,10-11,15-16,31H2,1-5H3/b18-12+,21-13+. The van der Waals surface area contributed by atoms with Crippen LogP contribution < -0.4 is 15.5 Å². The van der Waals surface area contributed by atoms with Gasteiger partial charge >= 0.3 is 0 Å². The van der Waals surface area contributed by atoms with Crippen LogP contribution in [0.5, 0.6) is 0 Å². The van der Waals surface area contributed by atoms with Crippen LogP contribution in [0.25, 0.3) is 22.6 Å². The fourth-order valence-corrected chi connectivity index (χ4v) is 4.79. The number of nitrogens with zero attached hydrogens (tertiary/aromatic N) is 5. The van der Waals surface area contributed by atoms with Crippen molar-refractivity contribution in [3.05, 3.63) is 69.7 Å². The molecule has 0 unspecified atom stereocenters. The van der Waals surface area contributed by atoms with Gasteiger partial charge in [-0.05, 0) is 62.9 Å². The maximum atomic E-state index is 16.1. The van der Waals surface area contributed by atoms with Crippen molar-refractivity contribution in [2.24, 2.45) is 5.73 Å². The average Bonchev–Trinajstić information content (AvgIpc) is 2.79. The SMILES string of the molecule is C/C(=C\C(O)=C/c1ccccc1C)c1c(Cl)cc2c(N(C)CCN)nc(N3CC(N(C)C)C3)nc2c1F. The molecule has 1 saturated heterocycles. The maximum absolute atomic E-state index is 16.1. The lowest BCUT2D eigenvalue weighted by atomic mass is 10.0. The van der Waals surface area contributed by atoms with Crippen molar-refractivity contribution in [2.45, 2.75) is 19.9 Å². The molecule has 3 N–H and O–H groups in total. The minimum atomic E-state index is -0.546. The van der Waals surface area contributed by atoms with Crippen molar-refractivity contribution in [3.8, 4) is 0 Å². The molecule has 7 nitrogen and oxygen atoms in total. The van der Waals surface area contributed by atoms with Crippen LogP contribution in [0.3, 0.4) is 0 Å². The Morgan fingerprint density at radius 2 is 1.95 bits per heavy atom. The second-order valence-electron chi connectivity index (χ2n) is 9.78. The number of allylic oxidation sites excluding steroid dienone is 2. The van der Waals surface area contributed by atoms with Gasteiger partial charge in [-0.2, -0.15) is 4.98 Å². The Balaban J connectivity index is 1.81. The fraction of sp³-hybridized carbons (Fsp3) is 0.357. The van der Waals surface area contributed by atoms with Crippen molar-refractivity contribution >= 4 is 45.9 Å². The lowest BCUT2D eigenvalue weighted by Crippen LogP contribution is -2.58. The summed E-state index contributed by atoms with van der Waals surface area (Å²) in [5, 5.41) is 11.4. The maximum Gasteiger partial charge on any atom is 0.228 e. The molecule has 0 aliphatic carbocycles. The molecule has 0 bridgehead atoms. The van der Waals surface area contributed by atoms with E-state index in [2.05, 4.69) is 9.88 Å². The number of hydrogen-bond donors (Lipinski definition) is 2. The molecule has 0 radical (unpaired) electrons. The number of halogens is 2. The van der Waals surface area contributed by atoms with Crippen molar-refractivity contribution in [3.63, 3.8) is 0 Å². The second-order valence-corrected chi connectivity index (χ2v) is 10.2. The highest BCUT2D eigenvalue weighted by atomic mass is 35.5. The van der Waals surface area contributed by atoms with E-state index in [1.54, 1.807) is 19.1 Å². The van der Waals surface area contributed by atoms with Crippen LogP contribution in [0.4, 0.5) is 16.2 Å². The minimum Gasteiger partial charge on any atom is -0.508 e. The highest BCUT2D eigenvalue weighted by molar-refractivity contribution is 6.33. The molecular weight excluding hydrogens is 491 g/mol. The smallest absolute Gasteiger partial charge is 0.228 e. The molecule has 196 valence electrons. The summed E-state index contributed by atoms with van der Waals surface area (Å²) in [6, 6.07) is 9.80. The molecular formula is C28H34ClFN6O. The number of aromatic nitrogens is 2. The lowest BCUT2D eigenvalue weighted by Gasteiger charge is -2.43. The van der Waals surface area contributed by atoms with E-state index in [9.17, 15) is 5.11 Å². The molecule has 1 aromatic heterocycles. The molecule has 0 amide bonds. The molecule has 4 rings (SSSR count). The van der Waals surface area contributed by atoms with Crippen LogP contribution in [0.15, 0.2) is 42.2 Å². The van der Waals surface area contributed by atoms with Crippen molar-refractivity contribution in [2.75, 3.05) is 57.1 Å². The molecule has 0 atom stereocenters. The quantitative estimate of drug-likeness (QED) is 0.321. The number of rotatable bonds is 8. The topological polar surface area (TPSA) is 81.7 Å². The summed E-state index contributed by atoms with van der Waals surface area (Å²) in [6.45, 7) is 6.17. The van der Waals surface area contributed by atoms with Gasteiger partial charge in [0.05, 0.1) is 5.02 Å². The summed E-state index contributed by atoms with van der Waals surface area (Å²) in [7, 11) is 5.95. The van der Waals surface area contributed by atoms with Crippen LogP contribution >= 0.6 is 11.6 Å². The van der Waals surface area contributed by atoms with Gasteiger partial charge in [0.15, 0.2) is 5.82 Å². The van der Waals surface area contributed by atoms with Crippen molar-refractivity contribution in [1.29, 1.82) is 0 Å². The van der Waals surface area contributed by atoms with E-state index >= 15 is 4.39 Å². The largest absolute Gasteiger partial charge is 0.508 e. The molecule has 2 heterocycles. The second kappa shape index (κ2) is 11.0. The van der Waals surface area contributed by atoms with Crippen LogP contribution in [0.1, 0.15) is 23.6 Å². The summed E-state index contributed by atoms with van der Waals surface area (Å²) < 4.78 is 16.1. The molecule has 1 fully saturated rings. The van der Waals surface area contributed by atoms with Crippen LogP contribution in [-0.2, 0) is 0 Å². The van der Waals surface area contributed by atoms with E-state index in [-0.39, 0.29) is 21.9 Å². The molecule has 0 spiro atoms. The highest BCUT2D eigenvalue weighted by Crippen LogP contribution is 2.37. The first kappa shape index (κ1) is 26.9. The number of likely N-dealkylation sites (N-methyl/N-ethyl adjacent to an activating group) is 2. The predicted molar refractivity (Wildman–Crippen MR) is 152 cm³/mol. The van der Waals surface area contributed by atoms with Gasteiger partial charge in [0, 0.05) is 50.2 Å². The van der Waals surface area contributed by atoms with Crippen molar-refractivity contribution in [1.82, 2.24) is 14.9 Å². The van der Waals surface area contributed by atoms with Gasteiger partial charge < -0.3 is 25.5 Å². The number of fused-ring (bicyclic) bond motifs is 1. The van der Waals surface area contributed by atoms with Crippen LogP contribution in [0, 0.1) is 12.7 Å². The van der Waals surface area contributed by atoms with E-state index in [1.807, 2.05) is 62.1 Å². The van der Waals surface area contributed by atoms with E-state index in [4.69, 9.17) is 22.3 Å². The first-order chi connectivity index (χ1) is 17.6. The Morgan fingerprint density at radius 3 is 2.59 bits per heavy atom. The van der Waals surface area contributed by atoms with Crippen molar-refractivity contribution < 1.29 is 9.50 Å². The zero-order valence-corrected chi connectivity index (χ0v) is 22.7. The minimum absolute atomic E-state index is 0.00409. The number of aliphatic hydroxyl groups is 1. The number of aryl methyl sites for hydroxylation is 1. The van der Waals surface area contributed by atoms with E-state index < -0.39 is 5.82 Å². The molecule has 2 aromatic carbocycles. The predicted octanol–water partition coefficient (Wildman–Crippen LogP) is 4.88. The number of benzene rings is 2. The van der Waals surface area contributed by atoms with Gasteiger partial charge in [-0.1, -0.05) is 35.9 Å². The molecule has 3 aromatic rings. The Bertz CT molecular complexity index is 1370. The third kappa shape index (κ3) is 5.56. The molecule has 1 aliphatic rings. The average molecular weight is 525 g/mol. The summed E-state index contributed by atoms with van der Waals surface area (Å²) in [4.78, 5) is 15.5. The van der Waals surface area contributed by atoms with Gasteiger partial charge in [-0.3, -0.25) is 0 Å². The highest BCUT2D eigenvalue weighted by Gasteiger charge is 2.31. The third-order valence-corrected chi connectivity index (χ3v) is 7.10. The molecule has 37 heavy (non-hydrogen) atoms. The Hall–Kier alpha value is -3.20. The number of anilines is 2. The van der Waals surface area contributed by atoms with Gasteiger partial charge in [-0.15, -0.1) is 0 Å². The lowest BCUT2D eigenvalue weighted by molar-refractivity contribution is 0.245. The zero-order chi connectivity index (χ0) is 26.9. The number of nitrogens with two attached hydrogens (primary N) is 1. The van der Waals surface area contributed by atoms with Gasteiger partial charge in [0.25, 0.3) is 0 Å². The molecule has 1 aliphatic heterocycles. The van der Waals surface area contributed by atoms with E-state index in [0.29, 0.717) is 41.9 Å². The number of hydrogen-bond acceptors (Lipinski definition) is 7. The third-order valence-electron chi connectivity index (χ3n) is 6.80. The molecule has 9 heteroatoms. The monoisotopic (exact) mass is 524 g/mol. The van der Waals surface area contributed by atoms with Crippen LogP contribution in [0.2, 0.25) is 5.02 Å². The van der Waals surface area contributed by atoms with E-state index in [1.165, 1.54) is 6.08 Å². The summed E-state index contributed by atoms with van der Waals surface area (Å²) >= 11 is 6.62. The van der Waals surface area contributed by atoms with Gasteiger partial charge in [0.2, 0.25) is 5.95 Å². The van der Waals surface area contributed by atoms with E-state index in [0.717, 1.165) is 24.2 Å². The Kier molecular flexibility index (Phi) is 8.02. The van der Waals surface area contributed by atoms with Gasteiger partial charge in [-0.25, -0.2) is 9.37 Å². The Labute approximate surface area is 222 Å². The summed E-state index contributed by atoms with van der Waals surface area (Å²) in [5.74, 6) is 0.510.